The maximum atomic E-state index is 5.74. The first-order valence-corrected chi connectivity index (χ1v) is 6.47. The van der Waals surface area contributed by atoms with E-state index in [2.05, 4.69) is 26.1 Å². The number of hydrogen-bond donors (Lipinski definition) is 1. The fourth-order valence-corrected chi connectivity index (χ4v) is 2.16. The molecule has 1 heterocycles. The Morgan fingerprint density at radius 2 is 1.79 bits per heavy atom. The van der Waals surface area contributed by atoms with Crippen molar-refractivity contribution >= 4 is 21.6 Å². The summed E-state index contributed by atoms with van der Waals surface area (Å²) in [5, 5.41) is 3.98. The fourth-order valence-electron chi connectivity index (χ4n) is 1.76. The van der Waals surface area contributed by atoms with Crippen LogP contribution < -0.4 is 5.73 Å². The Balaban J connectivity index is 2.00. The van der Waals surface area contributed by atoms with Gasteiger partial charge < -0.3 is 10.3 Å². The molecule has 0 radical (unpaired) electrons. The van der Waals surface area contributed by atoms with Gasteiger partial charge in [0.25, 0.3) is 5.89 Å². The average Bonchev–Trinajstić information content (AvgIpc) is 2.88. The third-order valence-corrected chi connectivity index (χ3v) is 3.14. The lowest BCUT2D eigenvalue weighted by atomic mass is 10.2. The van der Waals surface area contributed by atoms with Gasteiger partial charge in [-0.05, 0) is 30.3 Å². The minimum Gasteiger partial charge on any atom is -0.399 e. The normalized spacial score (nSPS) is 10.6. The molecule has 0 aliphatic heterocycles. The smallest absolute Gasteiger partial charge is 0.258 e. The SMILES string of the molecule is Nc1cccc(-c2noc(-c3cccc(Br)c3)n2)c1. The van der Waals surface area contributed by atoms with Crippen molar-refractivity contribution in [3.8, 4) is 22.8 Å². The molecule has 0 fully saturated rings. The summed E-state index contributed by atoms with van der Waals surface area (Å²) in [5.74, 6) is 1.01. The molecule has 0 amide bonds. The first-order valence-electron chi connectivity index (χ1n) is 5.68. The summed E-state index contributed by atoms with van der Waals surface area (Å²) >= 11 is 3.41. The van der Waals surface area contributed by atoms with Crippen molar-refractivity contribution in [3.05, 3.63) is 53.0 Å². The second-order valence-corrected chi connectivity index (χ2v) is 4.97. The number of hydrogen-bond acceptors (Lipinski definition) is 4. The highest BCUT2D eigenvalue weighted by atomic mass is 79.9. The number of benzene rings is 2. The molecule has 0 bridgehead atoms. The summed E-state index contributed by atoms with van der Waals surface area (Å²) in [4.78, 5) is 4.38. The van der Waals surface area contributed by atoms with Crippen LogP contribution in [-0.4, -0.2) is 10.1 Å². The van der Waals surface area contributed by atoms with E-state index in [0.717, 1.165) is 15.6 Å². The van der Waals surface area contributed by atoms with Crippen molar-refractivity contribution < 1.29 is 4.52 Å². The lowest BCUT2D eigenvalue weighted by Crippen LogP contribution is -1.86. The zero-order valence-electron chi connectivity index (χ0n) is 9.88. The Morgan fingerprint density at radius 1 is 1.00 bits per heavy atom. The summed E-state index contributed by atoms with van der Waals surface area (Å²) in [6.45, 7) is 0. The topological polar surface area (TPSA) is 64.9 Å². The molecule has 2 aromatic carbocycles. The van der Waals surface area contributed by atoms with E-state index < -0.39 is 0 Å². The Kier molecular flexibility index (Phi) is 3.05. The highest BCUT2D eigenvalue weighted by molar-refractivity contribution is 9.10. The minimum absolute atomic E-state index is 0.485. The van der Waals surface area contributed by atoms with Gasteiger partial charge in [0, 0.05) is 21.3 Å². The molecule has 0 spiro atoms. The van der Waals surface area contributed by atoms with Crippen molar-refractivity contribution in [3.63, 3.8) is 0 Å². The molecule has 94 valence electrons. The van der Waals surface area contributed by atoms with Crippen LogP contribution in [0.4, 0.5) is 5.69 Å². The van der Waals surface area contributed by atoms with Gasteiger partial charge in [0.2, 0.25) is 5.82 Å². The number of halogens is 1. The predicted octanol–water partition coefficient (Wildman–Crippen LogP) is 3.75. The van der Waals surface area contributed by atoms with Crippen LogP contribution in [0.5, 0.6) is 0 Å². The van der Waals surface area contributed by atoms with Gasteiger partial charge in [0.05, 0.1) is 0 Å². The van der Waals surface area contributed by atoms with E-state index in [0.29, 0.717) is 17.4 Å². The minimum atomic E-state index is 0.485. The lowest BCUT2D eigenvalue weighted by molar-refractivity contribution is 0.432. The molecule has 0 aliphatic rings. The van der Waals surface area contributed by atoms with Crippen LogP contribution in [0.25, 0.3) is 22.8 Å². The quantitative estimate of drug-likeness (QED) is 0.731. The lowest BCUT2D eigenvalue weighted by Gasteiger charge is -1.96. The summed E-state index contributed by atoms with van der Waals surface area (Å²) in [5.41, 5.74) is 8.12. The molecule has 0 atom stereocenters. The molecular formula is C14H10BrN3O. The van der Waals surface area contributed by atoms with Crippen molar-refractivity contribution in [1.29, 1.82) is 0 Å². The van der Waals surface area contributed by atoms with Crippen LogP contribution in [0.15, 0.2) is 57.5 Å². The fraction of sp³-hybridized carbons (Fsp3) is 0. The third-order valence-electron chi connectivity index (χ3n) is 2.64. The molecule has 0 unspecified atom stereocenters. The van der Waals surface area contributed by atoms with Crippen LogP contribution in [0.3, 0.4) is 0 Å². The van der Waals surface area contributed by atoms with E-state index in [9.17, 15) is 0 Å². The monoisotopic (exact) mass is 315 g/mol. The zero-order valence-corrected chi connectivity index (χ0v) is 11.5. The van der Waals surface area contributed by atoms with Gasteiger partial charge in [0.1, 0.15) is 0 Å². The number of anilines is 1. The van der Waals surface area contributed by atoms with Crippen molar-refractivity contribution in [2.24, 2.45) is 0 Å². The first-order chi connectivity index (χ1) is 9.22. The molecule has 3 rings (SSSR count). The predicted molar refractivity (Wildman–Crippen MR) is 77.3 cm³/mol. The van der Waals surface area contributed by atoms with E-state index in [-0.39, 0.29) is 0 Å². The summed E-state index contributed by atoms with van der Waals surface area (Å²) in [7, 11) is 0. The number of nitrogens with two attached hydrogens (primary N) is 1. The zero-order chi connectivity index (χ0) is 13.2. The van der Waals surface area contributed by atoms with E-state index in [1.807, 2.05) is 48.5 Å². The number of nitrogen functional groups attached to an aromatic ring is 1. The van der Waals surface area contributed by atoms with Crippen LogP contribution in [0.1, 0.15) is 0 Å². The Labute approximate surface area is 118 Å². The van der Waals surface area contributed by atoms with Crippen LogP contribution in [0.2, 0.25) is 0 Å². The van der Waals surface area contributed by atoms with Gasteiger partial charge in [0.15, 0.2) is 0 Å². The van der Waals surface area contributed by atoms with Crippen LogP contribution in [-0.2, 0) is 0 Å². The highest BCUT2D eigenvalue weighted by Crippen LogP contribution is 2.25. The average molecular weight is 316 g/mol. The molecule has 0 saturated heterocycles. The molecule has 5 heteroatoms. The van der Waals surface area contributed by atoms with E-state index in [1.165, 1.54) is 0 Å². The Hall–Kier alpha value is -2.14. The number of aromatic nitrogens is 2. The molecular weight excluding hydrogens is 306 g/mol. The van der Waals surface area contributed by atoms with Crippen molar-refractivity contribution in [1.82, 2.24) is 10.1 Å². The van der Waals surface area contributed by atoms with E-state index >= 15 is 0 Å². The maximum Gasteiger partial charge on any atom is 0.258 e. The van der Waals surface area contributed by atoms with Gasteiger partial charge >= 0.3 is 0 Å². The van der Waals surface area contributed by atoms with Gasteiger partial charge in [-0.25, -0.2) is 0 Å². The second-order valence-electron chi connectivity index (χ2n) is 4.06. The molecule has 4 nitrogen and oxygen atoms in total. The summed E-state index contributed by atoms with van der Waals surface area (Å²) in [6.07, 6.45) is 0. The van der Waals surface area contributed by atoms with Crippen LogP contribution in [0, 0.1) is 0 Å². The van der Waals surface area contributed by atoms with Gasteiger partial charge in [-0.15, -0.1) is 0 Å². The third kappa shape index (κ3) is 2.51. The summed E-state index contributed by atoms with van der Waals surface area (Å²) in [6, 6.07) is 15.1. The molecule has 3 aromatic rings. The van der Waals surface area contributed by atoms with Crippen molar-refractivity contribution in [2.75, 3.05) is 5.73 Å². The van der Waals surface area contributed by atoms with Gasteiger partial charge in [-0.1, -0.05) is 39.3 Å². The molecule has 19 heavy (non-hydrogen) atoms. The number of nitrogens with zero attached hydrogens (tertiary/aromatic N) is 2. The molecule has 0 saturated carbocycles. The molecule has 1 aromatic heterocycles. The Morgan fingerprint density at radius 3 is 2.58 bits per heavy atom. The van der Waals surface area contributed by atoms with Gasteiger partial charge in [-0.3, -0.25) is 0 Å². The van der Waals surface area contributed by atoms with Crippen LogP contribution >= 0.6 is 15.9 Å². The maximum absolute atomic E-state index is 5.74. The van der Waals surface area contributed by atoms with Gasteiger partial charge in [-0.2, -0.15) is 4.98 Å². The second kappa shape index (κ2) is 4.85. The number of rotatable bonds is 2. The summed E-state index contributed by atoms with van der Waals surface area (Å²) < 4.78 is 6.24. The molecule has 2 N–H and O–H groups in total. The Bertz CT molecular complexity index is 664. The first kappa shape index (κ1) is 11.9. The highest BCUT2D eigenvalue weighted by Gasteiger charge is 2.10. The largest absolute Gasteiger partial charge is 0.399 e. The van der Waals surface area contributed by atoms with Crippen molar-refractivity contribution in [2.45, 2.75) is 0 Å². The molecule has 0 aliphatic carbocycles. The standard InChI is InChI=1S/C14H10BrN3O/c15-11-5-1-4-10(7-11)14-17-13(18-19-14)9-3-2-6-12(16)8-9/h1-8H,16H2. The van der Waals surface area contributed by atoms with E-state index in [1.54, 1.807) is 0 Å². The van der Waals surface area contributed by atoms with E-state index in [4.69, 9.17) is 10.3 Å².